The summed E-state index contributed by atoms with van der Waals surface area (Å²) in [5.41, 5.74) is 1.62. The highest BCUT2D eigenvalue weighted by molar-refractivity contribution is 5.69. The van der Waals surface area contributed by atoms with Gasteiger partial charge in [-0.3, -0.25) is 0 Å². The summed E-state index contributed by atoms with van der Waals surface area (Å²) in [7, 11) is 3.23. The Bertz CT molecular complexity index is 1030. The van der Waals surface area contributed by atoms with Crippen molar-refractivity contribution in [2.24, 2.45) is 0 Å². The molecule has 1 aliphatic rings. The second-order valence-corrected chi connectivity index (χ2v) is 6.36. The number of anilines is 4. The summed E-state index contributed by atoms with van der Waals surface area (Å²) in [5, 5.41) is 6.57. The summed E-state index contributed by atoms with van der Waals surface area (Å²) in [6, 6.07) is 13.1. The van der Waals surface area contributed by atoms with Gasteiger partial charge in [-0.2, -0.15) is 0 Å². The van der Waals surface area contributed by atoms with Gasteiger partial charge in [-0.1, -0.05) is 0 Å². The largest absolute Gasteiger partial charge is 0.497 e. The van der Waals surface area contributed by atoms with Crippen LogP contribution in [0.3, 0.4) is 0 Å². The highest BCUT2D eigenvalue weighted by atomic mass is 16.6. The summed E-state index contributed by atoms with van der Waals surface area (Å²) in [6.07, 6.45) is 0. The van der Waals surface area contributed by atoms with Crippen LogP contribution in [0.5, 0.6) is 23.0 Å². The highest BCUT2D eigenvalue weighted by Crippen LogP contribution is 2.34. The van der Waals surface area contributed by atoms with E-state index in [1.165, 1.54) is 0 Å². The van der Waals surface area contributed by atoms with E-state index in [0.29, 0.717) is 47.9 Å². The van der Waals surface area contributed by atoms with Crippen LogP contribution < -0.4 is 29.6 Å². The van der Waals surface area contributed by atoms with Gasteiger partial charge >= 0.3 is 0 Å². The predicted octanol–water partition coefficient (Wildman–Crippen LogP) is 4.06. The zero-order chi connectivity index (χ0) is 20.2. The van der Waals surface area contributed by atoms with Crippen molar-refractivity contribution in [1.82, 2.24) is 9.97 Å². The Morgan fingerprint density at radius 2 is 1.59 bits per heavy atom. The molecule has 1 aromatic heterocycles. The summed E-state index contributed by atoms with van der Waals surface area (Å²) in [4.78, 5) is 8.93. The molecular weight excluding hydrogens is 372 g/mol. The van der Waals surface area contributed by atoms with Crippen LogP contribution in [0.1, 0.15) is 5.82 Å². The molecule has 8 heteroatoms. The fourth-order valence-electron chi connectivity index (χ4n) is 3.00. The smallest absolute Gasteiger partial charge is 0.163 e. The third-order valence-electron chi connectivity index (χ3n) is 4.32. The molecule has 0 fully saturated rings. The first-order valence-corrected chi connectivity index (χ1v) is 9.16. The number of benzene rings is 2. The minimum atomic E-state index is 0.542. The fourth-order valence-corrected chi connectivity index (χ4v) is 3.00. The van der Waals surface area contributed by atoms with Crippen molar-refractivity contribution in [3.05, 3.63) is 48.3 Å². The quantitative estimate of drug-likeness (QED) is 0.647. The van der Waals surface area contributed by atoms with E-state index >= 15 is 0 Å². The van der Waals surface area contributed by atoms with Crippen LogP contribution in [0.25, 0.3) is 0 Å². The topological polar surface area (TPSA) is 86.8 Å². The number of nitrogens with one attached hydrogen (secondary N) is 2. The molecule has 3 aromatic rings. The lowest BCUT2D eigenvalue weighted by Gasteiger charge is -2.19. The Morgan fingerprint density at radius 1 is 0.828 bits per heavy atom. The Hall–Kier alpha value is -3.68. The van der Waals surface area contributed by atoms with E-state index in [4.69, 9.17) is 18.9 Å². The van der Waals surface area contributed by atoms with Crippen LogP contribution in [0.15, 0.2) is 42.5 Å². The molecule has 2 heterocycles. The number of ether oxygens (including phenoxy) is 4. The molecule has 0 bridgehead atoms. The van der Waals surface area contributed by atoms with Crippen molar-refractivity contribution in [2.45, 2.75) is 6.92 Å². The molecule has 2 aromatic carbocycles. The lowest BCUT2D eigenvalue weighted by atomic mass is 10.2. The van der Waals surface area contributed by atoms with E-state index in [1.54, 1.807) is 14.2 Å². The number of aryl methyl sites for hydroxylation is 1. The number of hydrogen-bond acceptors (Lipinski definition) is 8. The molecule has 1 aliphatic heterocycles. The number of nitrogens with zero attached hydrogens (tertiary/aromatic N) is 2. The molecule has 0 amide bonds. The lowest BCUT2D eigenvalue weighted by molar-refractivity contribution is 0.171. The van der Waals surface area contributed by atoms with Gasteiger partial charge in [0.2, 0.25) is 0 Å². The van der Waals surface area contributed by atoms with Crippen LogP contribution in [-0.4, -0.2) is 37.4 Å². The monoisotopic (exact) mass is 394 g/mol. The van der Waals surface area contributed by atoms with Crippen molar-refractivity contribution in [1.29, 1.82) is 0 Å². The van der Waals surface area contributed by atoms with E-state index in [1.807, 2.05) is 49.4 Å². The molecule has 0 atom stereocenters. The second-order valence-electron chi connectivity index (χ2n) is 6.36. The Kier molecular flexibility index (Phi) is 5.24. The van der Waals surface area contributed by atoms with E-state index < -0.39 is 0 Å². The maximum Gasteiger partial charge on any atom is 0.163 e. The van der Waals surface area contributed by atoms with Crippen molar-refractivity contribution in [2.75, 3.05) is 38.1 Å². The Balaban J connectivity index is 1.57. The van der Waals surface area contributed by atoms with Crippen LogP contribution in [0.4, 0.5) is 23.0 Å². The molecule has 150 valence electrons. The molecule has 0 saturated carbocycles. The summed E-state index contributed by atoms with van der Waals surface area (Å²) < 4.78 is 21.9. The molecule has 8 nitrogen and oxygen atoms in total. The van der Waals surface area contributed by atoms with Gasteiger partial charge < -0.3 is 29.6 Å². The summed E-state index contributed by atoms with van der Waals surface area (Å²) >= 11 is 0. The highest BCUT2D eigenvalue weighted by Gasteiger charge is 2.13. The minimum absolute atomic E-state index is 0.542. The average molecular weight is 394 g/mol. The SMILES string of the molecule is COc1ccc(Nc2cc(Nc3ccc4c(c3)OCCO4)nc(C)n2)c(OC)c1. The summed E-state index contributed by atoms with van der Waals surface area (Å²) in [5.74, 6) is 4.75. The first kappa shape index (κ1) is 18.7. The number of fused-ring (bicyclic) bond motifs is 1. The molecule has 0 radical (unpaired) electrons. The minimum Gasteiger partial charge on any atom is -0.497 e. The molecule has 0 aliphatic carbocycles. The zero-order valence-corrected chi connectivity index (χ0v) is 16.5. The number of aromatic nitrogens is 2. The maximum atomic E-state index is 5.64. The van der Waals surface area contributed by atoms with Crippen molar-refractivity contribution < 1.29 is 18.9 Å². The molecule has 4 rings (SSSR count). The van der Waals surface area contributed by atoms with Gasteiger partial charge in [-0.15, -0.1) is 0 Å². The molecule has 0 unspecified atom stereocenters. The van der Waals surface area contributed by atoms with Crippen molar-refractivity contribution >= 4 is 23.0 Å². The maximum absolute atomic E-state index is 5.64. The molecule has 0 spiro atoms. The van der Waals surface area contributed by atoms with Gasteiger partial charge in [0.1, 0.15) is 42.2 Å². The van der Waals surface area contributed by atoms with E-state index in [2.05, 4.69) is 20.6 Å². The Labute approximate surface area is 168 Å². The van der Waals surface area contributed by atoms with E-state index in [-0.39, 0.29) is 0 Å². The van der Waals surface area contributed by atoms with Gasteiger partial charge in [0.15, 0.2) is 11.5 Å². The fraction of sp³-hybridized carbons (Fsp3) is 0.238. The second kappa shape index (κ2) is 8.14. The third kappa shape index (κ3) is 4.26. The van der Waals surface area contributed by atoms with Gasteiger partial charge in [-0.25, -0.2) is 9.97 Å². The van der Waals surface area contributed by atoms with E-state index in [9.17, 15) is 0 Å². The van der Waals surface area contributed by atoms with Gasteiger partial charge in [0, 0.05) is 23.9 Å². The van der Waals surface area contributed by atoms with Crippen LogP contribution in [0.2, 0.25) is 0 Å². The molecular formula is C21H22N4O4. The predicted molar refractivity (Wildman–Crippen MR) is 110 cm³/mol. The summed E-state index contributed by atoms with van der Waals surface area (Å²) in [6.45, 7) is 2.95. The normalized spacial score (nSPS) is 12.2. The van der Waals surface area contributed by atoms with Crippen LogP contribution >= 0.6 is 0 Å². The number of methoxy groups -OCH3 is 2. The zero-order valence-electron chi connectivity index (χ0n) is 16.5. The van der Waals surface area contributed by atoms with Crippen molar-refractivity contribution in [3.8, 4) is 23.0 Å². The number of rotatable bonds is 6. The van der Waals surface area contributed by atoms with Crippen molar-refractivity contribution in [3.63, 3.8) is 0 Å². The first-order valence-electron chi connectivity index (χ1n) is 9.16. The van der Waals surface area contributed by atoms with E-state index in [0.717, 1.165) is 17.1 Å². The number of hydrogen-bond donors (Lipinski definition) is 2. The molecule has 29 heavy (non-hydrogen) atoms. The van der Waals surface area contributed by atoms with Gasteiger partial charge in [-0.05, 0) is 31.2 Å². The van der Waals surface area contributed by atoms with Gasteiger partial charge in [0.25, 0.3) is 0 Å². The first-order chi connectivity index (χ1) is 14.1. The van der Waals surface area contributed by atoms with Crippen LogP contribution in [0, 0.1) is 6.92 Å². The standard InChI is InChI=1S/C21H22N4O4/c1-13-22-20(24-14-4-7-17-19(10-14)29-9-8-28-17)12-21(23-13)25-16-6-5-15(26-2)11-18(16)27-3/h4-7,10-12H,8-9H2,1-3H3,(H2,22,23,24,25). The Morgan fingerprint density at radius 3 is 2.34 bits per heavy atom. The van der Waals surface area contributed by atoms with Crippen LogP contribution in [-0.2, 0) is 0 Å². The lowest BCUT2D eigenvalue weighted by Crippen LogP contribution is -2.15. The average Bonchev–Trinajstić information content (AvgIpc) is 2.73. The third-order valence-corrected chi connectivity index (χ3v) is 4.32. The van der Waals surface area contributed by atoms with Gasteiger partial charge in [0.05, 0.1) is 19.9 Å². The molecule has 0 saturated heterocycles. The molecule has 2 N–H and O–H groups in total.